The Kier molecular flexibility index (Phi) is 4.16. The van der Waals surface area contributed by atoms with Crippen molar-refractivity contribution in [2.24, 2.45) is 0 Å². The monoisotopic (exact) mass is 275 g/mol. The average molecular weight is 275 g/mol. The van der Waals surface area contributed by atoms with E-state index >= 15 is 0 Å². The Morgan fingerprint density at radius 1 is 1.58 bits per heavy atom. The van der Waals surface area contributed by atoms with Gasteiger partial charge in [0.15, 0.2) is 0 Å². The number of aromatic nitrogens is 1. The standard InChI is InChI=1S/C14H17N3OS/c1-3-12(13-5-4-6-19-13)17-14(18)11-7-10(15)8-16-9(11)2/h4-8,12H,3,15H2,1-2H3,(H,17,18). The average Bonchev–Trinajstić information content (AvgIpc) is 2.92. The van der Waals surface area contributed by atoms with Gasteiger partial charge in [-0.3, -0.25) is 9.78 Å². The lowest BCUT2D eigenvalue weighted by Gasteiger charge is -2.16. The van der Waals surface area contributed by atoms with E-state index in [-0.39, 0.29) is 11.9 Å². The summed E-state index contributed by atoms with van der Waals surface area (Å²) < 4.78 is 0. The van der Waals surface area contributed by atoms with Crippen LogP contribution in [0.5, 0.6) is 0 Å². The first-order valence-electron chi connectivity index (χ1n) is 6.18. The van der Waals surface area contributed by atoms with Gasteiger partial charge in [0.05, 0.1) is 29.2 Å². The second-order valence-corrected chi connectivity index (χ2v) is 5.33. The molecule has 0 aliphatic heterocycles. The number of carbonyl (C=O) groups is 1. The number of pyridine rings is 1. The molecule has 19 heavy (non-hydrogen) atoms. The van der Waals surface area contributed by atoms with Crippen LogP contribution in [0.3, 0.4) is 0 Å². The zero-order valence-corrected chi connectivity index (χ0v) is 11.8. The molecule has 1 unspecified atom stereocenters. The largest absolute Gasteiger partial charge is 0.397 e. The molecule has 0 fully saturated rings. The van der Waals surface area contributed by atoms with E-state index in [0.717, 1.165) is 11.3 Å². The molecule has 1 amide bonds. The lowest BCUT2D eigenvalue weighted by molar-refractivity contribution is 0.0935. The third kappa shape index (κ3) is 3.12. The van der Waals surface area contributed by atoms with Gasteiger partial charge in [-0.25, -0.2) is 0 Å². The summed E-state index contributed by atoms with van der Waals surface area (Å²) in [6.07, 6.45) is 2.41. The van der Waals surface area contributed by atoms with Crippen molar-refractivity contribution < 1.29 is 4.79 Å². The molecular formula is C14H17N3OS. The third-order valence-electron chi connectivity index (χ3n) is 2.95. The lowest BCUT2D eigenvalue weighted by Crippen LogP contribution is -2.28. The molecule has 0 radical (unpaired) electrons. The zero-order chi connectivity index (χ0) is 13.8. The molecule has 0 aromatic carbocycles. The molecular weight excluding hydrogens is 258 g/mol. The van der Waals surface area contributed by atoms with Crippen LogP contribution in [0.25, 0.3) is 0 Å². The Morgan fingerprint density at radius 3 is 3.00 bits per heavy atom. The van der Waals surface area contributed by atoms with Crippen LogP contribution in [0.15, 0.2) is 29.8 Å². The van der Waals surface area contributed by atoms with Crippen molar-refractivity contribution in [2.75, 3.05) is 5.73 Å². The van der Waals surface area contributed by atoms with Gasteiger partial charge in [0, 0.05) is 4.88 Å². The minimum absolute atomic E-state index is 0.0355. The number of hydrogen-bond donors (Lipinski definition) is 2. The van der Waals surface area contributed by atoms with E-state index < -0.39 is 0 Å². The summed E-state index contributed by atoms with van der Waals surface area (Å²) >= 11 is 1.65. The molecule has 0 saturated heterocycles. The molecule has 3 N–H and O–H groups in total. The van der Waals surface area contributed by atoms with E-state index in [2.05, 4.69) is 17.2 Å². The first kappa shape index (κ1) is 13.5. The summed E-state index contributed by atoms with van der Waals surface area (Å²) in [4.78, 5) is 17.6. The van der Waals surface area contributed by atoms with E-state index in [0.29, 0.717) is 16.9 Å². The van der Waals surface area contributed by atoms with Crippen molar-refractivity contribution in [3.63, 3.8) is 0 Å². The highest BCUT2D eigenvalue weighted by Gasteiger charge is 2.16. The van der Waals surface area contributed by atoms with Gasteiger partial charge in [-0.1, -0.05) is 13.0 Å². The van der Waals surface area contributed by atoms with Gasteiger partial charge >= 0.3 is 0 Å². The van der Waals surface area contributed by atoms with Crippen molar-refractivity contribution in [1.29, 1.82) is 0 Å². The van der Waals surface area contributed by atoms with Gasteiger partial charge in [-0.15, -0.1) is 11.3 Å². The molecule has 2 aromatic heterocycles. The van der Waals surface area contributed by atoms with Crippen LogP contribution < -0.4 is 11.1 Å². The summed E-state index contributed by atoms with van der Waals surface area (Å²) in [5, 5.41) is 5.04. The summed E-state index contributed by atoms with van der Waals surface area (Å²) in [7, 11) is 0. The van der Waals surface area contributed by atoms with Crippen LogP contribution in [0.4, 0.5) is 5.69 Å². The molecule has 100 valence electrons. The Bertz CT molecular complexity index is 566. The Hall–Kier alpha value is -1.88. The highest BCUT2D eigenvalue weighted by Crippen LogP contribution is 2.22. The van der Waals surface area contributed by atoms with Gasteiger partial charge in [-0.2, -0.15) is 0 Å². The SMILES string of the molecule is CCC(NC(=O)c1cc(N)cnc1C)c1cccs1. The second kappa shape index (κ2) is 5.84. The van der Waals surface area contributed by atoms with Crippen molar-refractivity contribution in [3.05, 3.63) is 45.9 Å². The van der Waals surface area contributed by atoms with Crippen molar-refractivity contribution in [2.45, 2.75) is 26.3 Å². The minimum Gasteiger partial charge on any atom is -0.397 e. The van der Waals surface area contributed by atoms with Crippen LogP contribution >= 0.6 is 11.3 Å². The number of hydrogen-bond acceptors (Lipinski definition) is 4. The van der Waals surface area contributed by atoms with Crippen molar-refractivity contribution in [1.82, 2.24) is 10.3 Å². The van der Waals surface area contributed by atoms with Crippen LogP contribution in [-0.2, 0) is 0 Å². The number of rotatable bonds is 4. The molecule has 1 atom stereocenters. The first-order chi connectivity index (χ1) is 9.11. The fraction of sp³-hybridized carbons (Fsp3) is 0.286. The van der Waals surface area contributed by atoms with Crippen LogP contribution in [-0.4, -0.2) is 10.9 Å². The molecule has 0 bridgehead atoms. The van der Waals surface area contributed by atoms with Gasteiger partial charge < -0.3 is 11.1 Å². The maximum Gasteiger partial charge on any atom is 0.253 e. The first-order valence-corrected chi connectivity index (χ1v) is 7.06. The molecule has 2 rings (SSSR count). The van der Waals surface area contributed by atoms with E-state index in [1.54, 1.807) is 30.5 Å². The second-order valence-electron chi connectivity index (χ2n) is 4.35. The summed E-state index contributed by atoms with van der Waals surface area (Å²) in [6.45, 7) is 3.86. The number of carbonyl (C=O) groups excluding carboxylic acids is 1. The van der Waals surface area contributed by atoms with Crippen LogP contribution in [0, 0.1) is 6.92 Å². The highest BCUT2D eigenvalue weighted by molar-refractivity contribution is 7.10. The maximum atomic E-state index is 12.3. The number of aryl methyl sites for hydroxylation is 1. The molecule has 0 saturated carbocycles. The predicted octanol–water partition coefficient (Wildman–Crippen LogP) is 2.91. The van der Waals surface area contributed by atoms with Gasteiger partial charge in [0.1, 0.15) is 0 Å². The van der Waals surface area contributed by atoms with E-state index in [9.17, 15) is 4.79 Å². The van der Waals surface area contributed by atoms with Crippen molar-refractivity contribution >= 4 is 22.9 Å². The predicted molar refractivity (Wildman–Crippen MR) is 78.2 cm³/mol. The zero-order valence-electron chi connectivity index (χ0n) is 11.0. The van der Waals surface area contributed by atoms with Gasteiger partial charge in [0.2, 0.25) is 0 Å². The number of nitrogen functional groups attached to an aromatic ring is 1. The fourth-order valence-corrected chi connectivity index (χ4v) is 2.74. The minimum atomic E-state index is -0.127. The van der Waals surface area contributed by atoms with Crippen molar-refractivity contribution in [3.8, 4) is 0 Å². The Balaban J connectivity index is 2.18. The fourth-order valence-electron chi connectivity index (χ4n) is 1.88. The summed E-state index contributed by atoms with van der Waals surface area (Å²) in [5.74, 6) is -0.127. The molecule has 0 aliphatic rings. The number of nitrogens with one attached hydrogen (secondary N) is 1. The molecule has 4 nitrogen and oxygen atoms in total. The third-order valence-corrected chi connectivity index (χ3v) is 3.94. The van der Waals surface area contributed by atoms with E-state index in [1.807, 2.05) is 17.5 Å². The highest BCUT2D eigenvalue weighted by atomic mass is 32.1. The van der Waals surface area contributed by atoms with E-state index in [1.165, 1.54) is 0 Å². The molecule has 2 aromatic rings. The number of nitrogens with two attached hydrogens (primary N) is 1. The topological polar surface area (TPSA) is 68.0 Å². The maximum absolute atomic E-state index is 12.3. The molecule has 5 heteroatoms. The molecule has 0 aliphatic carbocycles. The van der Waals surface area contributed by atoms with Gasteiger partial charge in [0.25, 0.3) is 5.91 Å². The van der Waals surface area contributed by atoms with Crippen LogP contribution in [0.2, 0.25) is 0 Å². The summed E-state index contributed by atoms with van der Waals surface area (Å²) in [5.41, 5.74) is 7.41. The Labute approximate surface area is 116 Å². The smallest absolute Gasteiger partial charge is 0.253 e. The quantitative estimate of drug-likeness (QED) is 0.901. The normalized spacial score (nSPS) is 12.1. The lowest BCUT2D eigenvalue weighted by atomic mass is 10.1. The number of thiophene rings is 1. The number of nitrogens with zero attached hydrogens (tertiary/aromatic N) is 1. The Morgan fingerprint density at radius 2 is 2.37 bits per heavy atom. The van der Waals surface area contributed by atoms with Gasteiger partial charge in [-0.05, 0) is 30.9 Å². The molecule has 0 spiro atoms. The summed E-state index contributed by atoms with van der Waals surface area (Å²) in [6, 6.07) is 5.72. The van der Waals surface area contributed by atoms with E-state index in [4.69, 9.17) is 5.73 Å². The number of amides is 1. The number of anilines is 1. The molecule has 2 heterocycles. The van der Waals surface area contributed by atoms with Crippen LogP contribution in [0.1, 0.15) is 40.3 Å².